The molecule has 5 amide bonds. The first-order valence-electron chi connectivity index (χ1n) is 11.2. The predicted octanol–water partition coefficient (Wildman–Crippen LogP) is 2.59. The highest BCUT2D eigenvalue weighted by Gasteiger charge is 2.49. The third-order valence-electron chi connectivity index (χ3n) is 6.00. The van der Waals surface area contributed by atoms with Crippen LogP contribution in [0.15, 0.2) is 42.5 Å². The Morgan fingerprint density at radius 3 is 2.20 bits per heavy atom. The number of nitrogens with zero attached hydrogens (tertiary/aromatic N) is 2. The van der Waals surface area contributed by atoms with E-state index >= 15 is 0 Å². The number of nitrogens with one attached hydrogen (secondary N) is 2. The molecular formula is C25H30N4O6. The molecule has 35 heavy (non-hydrogen) atoms. The fourth-order valence-corrected chi connectivity index (χ4v) is 3.92. The van der Waals surface area contributed by atoms with Crippen molar-refractivity contribution in [3.05, 3.63) is 53.6 Å². The van der Waals surface area contributed by atoms with E-state index in [9.17, 15) is 19.2 Å². The molecule has 2 N–H and O–H groups in total. The molecule has 0 aliphatic carbocycles. The van der Waals surface area contributed by atoms with Crippen LogP contribution in [-0.2, 0) is 15.1 Å². The van der Waals surface area contributed by atoms with Crippen LogP contribution < -0.4 is 20.1 Å². The second kappa shape index (κ2) is 10.5. The van der Waals surface area contributed by atoms with Crippen molar-refractivity contribution in [1.29, 1.82) is 0 Å². The fourth-order valence-electron chi connectivity index (χ4n) is 3.92. The van der Waals surface area contributed by atoms with Gasteiger partial charge in [-0.2, -0.15) is 0 Å². The topological polar surface area (TPSA) is 117 Å². The first-order valence-corrected chi connectivity index (χ1v) is 11.2. The second-order valence-corrected chi connectivity index (χ2v) is 8.12. The van der Waals surface area contributed by atoms with Gasteiger partial charge in [0.2, 0.25) is 5.91 Å². The summed E-state index contributed by atoms with van der Waals surface area (Å²) in [6, 6.07) is 10.7. The van der Waals surface area contributed by atoms with E-state index in [-0.39, 0.29) is 5.91 Å². The van der Waals surface area contributed by atoms with Crippen molar-refractivity contribution in [2.45, 2.75) is 26.3 Å². The van der Waals surface area contributed by atoms with E-state index in [0.717, 1.165) is 4.90 Å². The van der Waals surface area contributed by atoms with Gasteiger partial charge in [-0.25, -0.2) is 4.79 Å². The van der Waals surface area contributed by atoms with Gasteiger partial charge < -0.3 is 25.0 Å². The molecule has 0 saturated carbocycles. The van der Waals surface area contributed by atoms with Gasteiger partial charge in [-0.3, -0.25) is 19.3 Å². The Labute approximate surface area is 204 Å². The summed E-state index contributed by atoms with van der Waals surface area (Å²) in [4.78, 5) is 53.4. The lowest BCUT2D eigenvalue weighted by molar-refractivity contribution is -0.133. The molecule has 1 aliphatic rings. The number of amides is 5. The standard InChI is InChI=1S/C25H30N4O6/c1-6-28(7-2)22(31)16-8-11-18(12-9-16)26-21(30)15-29-23(32)25(3,27-24(29)33)17-10-13-19(34-4)20(14-17)35-5/h8-14H,6-7,15H2,1-5H3,(H,26,30)(H,27,33)/t25-/m1/s1. The highest BCUT2D eigenvalue weighted by molar-refractivity contribution is 6.10. The molecule has 0 radical (unpaired) electrons. The molecule has 1 fully saturated rings. The maximum absolute atomic E-state index is 13.2. The first-order chi connectivity index (χ1) is 16.7. The molecule has 1 atom stereocenters. The molecule has 10 heteroatoms. The van der Waals surface area contributed by atoms with Crippen molar-refractivity contribution >= 4 is 29.4 Å². The molecule has 2 aromatic carbocycles. The number of ether oxygens (including phenoxy) is 2. The molecule has 0 aromatic heterocycles. The number of rotatable bonds is 9. The van der Waals surface area contributed by atoms with Gasteiger partial charge >= 0.3 is 6.03 Å². The molecule has 0 spiro atoms. The van der Waals surface area contributed by atoms with Crippen LogP contribution in [0.2, 0.25) is 0 Å². The van der Waals surface area contributed by atoms with Crippen molar-refractivity contribution < 1.29 is 28.7 Å². The quantitative estimate of drug-likeness (QED) is 0.531. The summed E-state index contributed by atoms with van der Waals surface area (Å²) in [5.74, 6) is -0.315. The number of methoxy groups -OCH3 is 2. The van der Waals surface area contributed by atoms with Crippen LogP contribution in [0.4, 0.5) is 10.5 Å². The van der Waals surface area contributed by atoms with E-state index in [4.69, 9.17) is 9.47 Å². The van der Waals surface area contributed by atoms with Crippen molar-refractivity contribution in [3.8, 4) is 11.5 Å². The van der Waals surface area contributed by atoms with Crippen LogP contribution in [0.5, 0.6) is 11.5 Å². The lowest BCUT2D eigenvalue weighted by atomic mass is 9.91. The molecule has 0 bridgehead atoms. The number of anilines is 1. The highest BCUT2D eigenvalue weighted by Crippen LogP contribution is 2.35. The van der Waals surface area contributed by atoms with Gasteiger partial charge in [0, 0.05) is 24.3 Å². The normalized spacial score (nSPS) is 17.1. The van der Waals surface area contributed by atoms with Crippen LogP contribution in [0.3, 0.4) is 0 Å². The van der Waals surface area contributed by atoms with Crippen molar-refractivity contribution in [2.24, 2.45) is 0 Å². The number of hydrogen-bond donors (Lipinski definition) is 2. The summed E-state index contributed by atoms with van der Waals surface area (Å²) in [6.07, 6.45) is 0. The Morgan fingerprint density at radius 1 is 1.00 bits per heavy atom. The lowest BCUT2D eigenvalue weighted by Gasteiger charge is -2.23. The zero-order valence-corrected chi connectivity index (χ0v) is 20.5. The largest absolute Gasteiger partial charge is 0.493 e. The zero-order valence-electron chi connectivity index (χ0n) is 20.5. The van der Waals surface area contributed by atoms with Gasteiger partial charge in [-0.15, -0.1) is 0 Å². The van der Waals surface area contributed by atoms with E-state index in [1.54, 1.807) is 54.3 Å². The highest BCUT2D eigenvalue weighted by atomic mass is 16.5. The van der Waals surface area contributed by atoms with Gasteiger partial charge in [0.25, 0.3) is 11.8 Å². The maximum atomic E-state index is 13.2. The summed E-state index contributed by atoms with van der Waals surface area (Å²) in [7, 11) is 2.97. The number of carbonyl (C=O) groups excluding carboxylic acids is 4. The summed E-state index contributed by atoms with van der Waals surface area (Å²) in [5.41, 5.74) is 0.0701. The molecule has 1 aliphatic heterocycles. The number of imide groups is 1. The Morgan fingerprint density at radius 2 is 1.63 bits per heavy atom. The van der Waals surface area contributed by atoms with Crippen LogP contribution in [0, 0.1) is 0 Å². The molecule has 10 nitrogen and oxygen atoms in total. The minimum Gasteiger partial charge on any atom is -0.493 e. The molecule has 186 valence electrons. The Hall–Kier alpha value is -4.08. The summed E-state index contributed by atoms with van der Waals surface area (Å²) in [6.45, 7) is 6.11. The maximum Gasteiger partial charge on any atom is 0.325 e. The van der Waals surface area contributed by atoms with Crippen LogP contribution in [0.25, 0.3) is 0 Å². The average molecular weight is 483 g/mol. The number of urea groups is 1. The second-order valence-electron chi connectivity index (χ2n) is 8.12. The van der Waals surface area contributed by atoms with Crippen molar-refractivity contribution in [3.63, 3.8) is 0 Å². The van der Waals surface area contributed by atoms with E-state index in [1.165, 1.54) is 14.2 Å². The molecule has 0 unspecified atom stereocenters. The van der Waals surface area contributed by atoms with Crippen LogP contribution >= 0.6 is 0 Å². The van der Waals surface area contributed by atoms with Crippen molar-refractivity contribution in [2.75, 3.05) is 39.2 Å². The Balaban J connectivity index is 1.70. The number of hydrogen-bond acceptors (Lipinski definition) is 6. The fraction of sp³-hybridized carbons (Fsp3) is 0.360. The average Bonchev–Trinajstić information content (AvgIpc) is 3.08. The van der Waals surface area contributed by atoms with E-state index in [1.807, 2.05) is 13.8 Å². The Bertz CT molecular complexity index is 1130. The minimum absolute atomic E-state index is 0.0957. The minimum atomic E-state index is -1.37. The number of benzene rings is 2. The molecule has 2 aromatic rings. The lowest BCUT2D eigenvalue weighted by Crippen LogP contribution is -2.42. The van der Waals surface area contributed by atoms with E-state index < -0.39 is 29.9 Å². The first kappa shape index (κ1) is 25.5. The van der Waals surface area contributed by atoms with Gasteiger partial charge in [0.1, 0.15) is 12.1 Å². The molecule has 3 rings (SSSR count). The van der Waals surface area contributed by atoms with Crippen LogP contribution in [-0.4, -0.2) is 67.4 Å². The van der Waals surface area contributed by atoms with Gasteiger partial charge in [-0.05, 0) is 62.7 Å². The van der Waals surface area contributed by atoms with Gasteiger partial charge in [0.05, 0.1) is 14.2 Å². The van der Waals surface area contributed by atoms with Gasteiger partial charge in [0.15, 0.2) is 11.5 Å². The van der Waals surface area contributed by atoms with Crippen LogP contribution in [0.1, 0.15) is 36.7 Å². The molecule has 1 saturated heterocycles. The monoisotopic (exact) mass is 482 g/mol. The van der Waals surface area contributed by atoms with E-state index in [0.29, 0.717) is 41.4 Å². The zero-order chi connectivity index (χ0) is 25.8. The summed E-state index contributed by atoms with van der Waals surface area (Å²) < 4.78 is 10.5. The Kier molecular flexibility index (Phi) is 7.63. The van der Waals surface area contributed by atoms with Crippen molar-refractivity contribution in [1.82, 2.24) is 15.1 Å². The van der Waals surface area contributed by atoms with Gasteiger partial charge in [-0.1, -0.05) is 6.07 Å². The third-order valence-corrected chi connectivity index (χ3v) is 6.00. The molecule has 1 heterocycles. The third kappa shape index (κ3) is 5.06. The SMILES string of the molecule is CCN(CC)C(=O)c1ccc(NC(=O)CN2C(=O)N[C@](C)(c3ccc(OC)c(OC)c3)C2=O)cc1. The van der Waals surface area contributed by atoms with E-state index in [2.05, 4.69) is 10.6 Å². The summed E-state index contributed by atoms with van der Waals surface area (Å²) >= 11 is 0. The number of carbonyl (C=O) groups is 4. The molecular weight excluding hydrogens is 452 g/mol. The predicted molar refractivity (Wildman–Crippen MR) is 129 cm³/mol. The smallest absolute Gasteiger partial charge is 0.325 e. The summed E-state index contributed by atoms with van der Waals surface area (Å²) in [5, 5.41) is 5.32.